The quantitative estimate of drug-likeness (QED) is 0.352. The monoisotopic (exact) mass is 449 g/mol. The van der Waals surface area contributed by atoms with Gasteiger partial charge in [0.15, 0.2) is 5.69 Å². The molecule has 1 aromatic heterocycles. The van der Waals surface area contributed by atoms with E-state index in [1.54, 1.807) is 0 Å². The van der Waals surface area contributed by atoms with E-state index in [1.165, 1.54) is 16.8 Å². The molecule has 3 aromatic carbocycles. The third kappa shape index (κ3) is 4.67. The molecule has 4 aromatic rings. The van der Waals surface area contributed by atoms with Gasteiger partial charge in [-0.3, -0.25) is 9.48 Å². The van der Waals surface area contributed by atoms with Crippen LogP contribution in [0.2, 0.25) is 0 Å². The fraction of sp³-hybridized carbons (Fsp3) is 0.267. The SMILES string of the molecule is C[C@H](NC(=O)c1nn(Cc2ccccc2)c2c1CCCCC2c1ccccc1)c1ccccc1. The maximum absolute atomic E-state index is 13.5. The lowest BCUT2D eigenvalue weighted by molar-refractivity contribution is 0.0933. The summed E-state index contributed by atoms with van der Waals surface area (Å²) in [5, 5.41) is 8.16. The van der Waals surface area contributed by atoms with E-state index in [-0.39, 0.29) is 17.9 Å². The van der Waals surface area contributed by atoms with E-state index >= 15 is 0 Å². The van der Waals surface area contributed by atoms with Crippen LogP contribution in [0.3, 0.4) is 0 Å². The molecular formula is C30H31N3O. The first-order valence-electron chi connectivity index (χ1n) is 12.2. The number of carbonyl (C=O) groups excluding carboxylic acids is 1. The van der Waals surface area contributed by atoms with E-state index in [0.717, 1.165) is 36.8 Å². The Balaban J connectivity index is 1.55. The van der Waals surface area contributed by atoms with Crippen molar-refractivity contribution in [2.75, 3.05) is 0 Å². The van der Waals surface area contributed by atoms with E-state index in [1.807, 2.05) is 43.3 Å². The fourth-order valence-electron chi connectivity index (χ4n) is 5.09. The van der Waals surface area contributed by atoms with Crippen LogP contribution in [0.15, 0.2) is 91.0 Å². The second-order valence-electron chi connectivity index (χ2n) is 9.17. The van der Waals surface area contributed by atoms with Crippen LogP contribution in [-0.2, 0) is 13.0 Å². The summed E-state index contributed by atoms with van der Waals surface area (Å²) in [5.74, 6) is 0.149. The van der Waals surface area contributed by atoms with Crippen LogP contribution in [0, 0.1) is 0 Å². The highest BCUT2D eigenvalue weighted by Crippen LogP contribution is 2.37. The molecule has 0 radical (unpaired) electrons. The van der Waals surface area contributed by atoms with Crippen LogP contribution in [0.25, 0.3) is 0 Å². The lowest BCUT2D eigenvalue weighted by Crippen LogP contribution is -2.28. The second kappa shape index (κ2) is 10.1. The molecule has 0 fully saturated rings. The normalized spacial score (nSPS) is 16.3. The van der Waals surface area contributed by atoms with E-state index in [0.29, 0.717) is 12.2 Å². The van der Waals surface area contributed by atoms with Gasteiger partial charge in [-0.2, -0.15) is 5.10 Å². The molecule has 5 rings (SSSR count). The number of hydrogen-bond donors (Lipinski definition) is 1. The van der Waals surface area contributed by atoms with Gasteiger partial charge >= 0.3 is 0 Å². The number of rotatable bonds is 6. The average molecular weight is 450 g/mol. The smallest absolute Gasteiger partial charge is 0.272 e. The molecule has 1 N–H and O–H groups in total. The zero-order valence-electron chi connectivity index (χ0n) is 19.7. The Labute approximate surface area is 201 Å². The van der Waals surface area contributed by atoms with Crippen LogP contribution in [0.4, 0.5) is 0 Å². The molecule has 2 atom stereocenters. The molecule has 0 aliphatic heterocycles. The number of nitrogens with zero attached hydrogens (tertiary/aromatic N) is 2. The van der Waals surface area contributed by atoms with Gasteiger partial charge in [0.1, 0.15) is 0 Å². The number of fused-ring (bicyclic) bond motifs is 1. The van der Waals surface area contributed by atoms with Gasteiger partial charge in [-0.15, -0.1) is 0 Å². The van der Waals surface area contributed by atoms with Crippen molar-refractivity contribution < 1.29 is 4.79 Å². The zero-order chi connectivity index (χ0) is 23.3. The summed E-state index contributed by atoms with van der Waals surface area (Å²) in [5.41, 5.74) is 6.47. The molecule has 1 aliphatic carbocycles. The summed E-state index contributed by atoms with van der Waals surface area (Å²) in [6.45, 7) is 2.69. The van der Waals surface area contributed by atoms with E-state index < -0.39 is 0 Å². The van der Waals surface area contributed by atoms with E-state index in [4.69, 9.17) is 5.10 Å². The lowest BCUT2D eigenvalue weighted by Gasteiger charge is -2.19. The number of amides is 1. The number of aromatic nitrogens is 2. The van der Waals surface area contributed by atoms with E-state index in [2.05, 4.69) is 64.6 Å². The molecule has 1 heterocycles. The Morgan fingerprint density at radius 3 is 2.29 bits per heavy atom. The molecule has 172 valence electrons. The molecule has 4 nitrogen and oxygen atoms in total. The second-order valence-corrected chi connectivity index (χ2v) is 9.17. The highest BCUT2D eigenvalue weighted by molar-refractivity contribution is 5.94. The van der Waals surface area contributed by atoms with Crippen molar-refractivity contribution in [2.45, 2.75) is 51.1 Å². The third-order valence-electron chi connectivity index (χ3n) is 6.83. The van der Waals surface area contributed by atoms with Crippen molar-refractivity contribution in [3.05, 3.63) is 125 Å². The highest BCUT2D eigenvalue weighted by atomic mass is 16.2. The summed E-state index contributed by atoms with van der Waals surface area (Å²) in [6.07, 6.45) is 4.16. The van der Waals surface area contributed by atoms with Gasteiger partial charge in [0.05, 0.1) is 18.3 Å². The molecule has 0 spiro atoms. The minimum atomic E-state index is -0.0897. The first-order valence-corrected chi connectivity index (χ1v) is 12.2. The molecular weight excluding hydrogens is 418 g/mol. The van der Waals surface area contributed by atoms with Crippen molar-refractivity contribution in [2.24, 2.45) is 0 Å². The topological polar surface area (TPSA) is 46.9 Å². The lowest BCUT2D eigenvalue weighted by atomic mass is 9.90. The standard InChI is InChI=1S/C30H31N3O/c1-22(24-15-7-3-8-16-24)31-30(34)28-27-20-12-11-19-26(25-17-9-4-10-18-25)29(27)33(32-28)21-23-13-5-2-6-14-23/h2-10,13-18,22,26H,11-12,19-21H2,1H3,(H,31,34)/t22-,26?/m0/s1. The first-order chi connectivity index (χ1) is 16.7. The van der Waals surface area contributed by atoms with Crippen molar-refractivity contribution in [1.82, 2.24) is 15.1 Å². The van der Waals surface area contributed by atoms with Crippen LogP contribution in [-0.4, -0.2) is 15.7 Å². The van der Waals surface area contributed by atoms with Crippen LogP contribution >= 0.6 is 0 Å². The predicted molar refractivity (Wildman–Crippen MR) is 136 cm³/mol. The van der Waals surface area contributed by atoms with Crippen LogP contribution in [0.1, 0.15) is 76.6 Å². The van der Waals surface area contributed by atoms with Gasteiger partial charge in [-0.25, -0.2) is 0 Å². The summed E-state index contributed by atoms with van der Waals surface area (Å²) in [7, 11) is 0. The van der Waals surface area contributed by atoms with Gasteiger partial charge in [0.2, 0.25) is 0 Å². The maximum atomic E-state index is 13.5. The molecule has 1 aliphatic rings. The van der Waals surface area contributed by atoms with Crippen molar-refractivity contribution in [1.29, 1.82) is 0 Å². The van der Waals surface area contributed by atoms with Gasteiger partial charge in [-0.1, -0.05) is 97.4 Å². The summed E-state index contributed by atoms with van der Waals surface area (Å²) < 4.78 is 2.09. The Morgan fingerprint density at radius 2 is 1.59 bits per heavy atom. The summed E-state index contributed by atoms with van der Waals surface area (Å²) >= 11 is 0. The Kier molecular flexibility index (Phi) is 6.57. The Hall–Kier alpha value is -3.66. The van der Waals surface area contributed by atoms with Crippen LogP contribution in [0.5, 0.6) is 0 Å². The average Bonchev–Trinajstić information content (AvgIpc) is 3.08. The molecule has 0 saturated carbocycles. The molecule has 4 heteroatoms. The molecule has 34 heavy (non-hydrogen) atoms. The van der Waals surface area contributed by atoms with Crippen LogP contribution < -0.4 is 5.32 Å². The van der Waals surface area contributed by atoms with Crippen molar-refractivity contribution in [3.8, 4) is 0 Å². The maximum Gasteiger partial charge on any atom is 0.272 e. The summed E-state index contributed by atoms with van der Waals surface area (Å²) in [4.78, 5) is 13.5. The minimum Gasteiger partial charge on any atom is -0.344 e. The fourth-order valence-corrected chi connectivity index (χ4v) is 5.09. The zero-order valence-corrected chi connectivity index (χ0v) is 19.7. The van der Waals surface area contributed by atoms with Gasteiger partial charge in [-0.05, 0) is 42.9 Å². The molecule has 1 amide bonds. The predicted octanol–water partition coefficient (Wildman–Crippen LogP) is 6.28. The van der Waals surface area contributed by atoms with Gasteiger partial charge in [0, 0.05) is 11.5 Å². The highest BCUT2D eigenvalue weighted by Gasteiger charge is 2.31. The van der Waals surface area contributed by atoms with Crippen molar-refractivity contribution in [3.63, 3.8) is 0 Å². The largest absolute Gasteiger partial charge is 0.344 e. The number of benzene rings is 3. The summed E-state index contributed by atoms with van der Waals surface area (Å²) in [6, 6.07) is 31.1. The number of carbonyl (C=O) groups is 1. The Morgan fingerprint density at radius 1 is 0.941 bits per heavy atom. The number of nitrogens with one attached hydrogen (secondary N) is 1. The molecule has 0 saturated heterocycles. The van der Waals surface area contributed by atoms with E-state index in [9.17, 15) is 4.79 Å². The van der Waals surface area contributed by atoms with Gasteiger partial charge in [0.25, 0.3) is 5.91 Å². The number of hydrogen-bond acceptors (Lipinski definition) is 2. The van der Waals surface area contributed by atoms with Crippen molar-refractivity contribution >= 4 is 5.91 Å². The Bertz CT molecular complexity index is 1230. The van der Waals surface area contributed by atoms with Gasteiger partial charge < -0.3 is 5.32 Å². The molecule has 1 unspecified atom stereocenters. The third-order valence-corrected chi connectivity index (χ3v) is 6.83. The first kappa shape index (κ1) is 22.1. The molecule has 0 bridgehead atoms. The minimum absolute atomic E-state index is 0.0840.